The standard InChI is InChI=1S/C9H6BrIS/c1-5-7(10)4-8(11)6-2-3-12-9(5)6/h2-4H,1H3. The highest BCUT2D eigenvalue weighted by Crippen LogP contribution is 2.33. The lowest BCUT2D eigenvalue weighted by molar-refractivity contribution is 1.50. The monoisotopic (exact) mass is 352 g/mol. The molecule has 0 saturated heterocycles. The number of aryl methyl sites for hydroxylation is 1. The van der Waals surface area contributed by atoms with Crippen molar-refractivity contribution in [3.05, 3.63) is 31.1 Å². The van der Waals surface area contributed by atoms with Gasteiger partial charge in [0.05, 0.1) is 0 Å². The van der Waals surface area contributed by atoms with Crippen LogP contribution in [-0.4, -0.2) is 0 Å². The Morgan fingerprint density at radius 2 is 2.25 bits per heavy atom. The summed E-state index contributed by atoms with van der Waals surface area (Å²) in [6, 6.07) is 4.35. The van der Waals surface area contributed by atoms with E-state index in [1.54, 1.807) is 0 Å². The molecule has 0 saturated carbocycles. The van der Waals surface area contributed by atoms with Crippen LogP contribution in [0.3, 0.4) is 0 Å². The lowest BCUT2D eigenvalue weighted by Crippen LogP contribution is -1.79. The predicted octanol–water partition coefficient (Wildman–Crippen LogP) is 4.58. The van der Waals surface area contributed by atoms with Gasteiger partial charge in [-0.3, -0.25) is 0 Å². The number of rotatable bonds is 0. The normalized spacial score (nSPS) is 10.9. The Labute approximate surface area is 97.2 Å². The van der Waals surface area contributed by atoms with Crippen LogP contribution in [0.25, 0.3) is 10.1 Å². The van der Waals surface area contributed by atoms with Crippen LogP contribution in [0.4, 0.5) is 0 Å². The molecule has 1 aromatic carbocycles. The molecule has 0 bridgehead atoms. The van der Waals surface area contributed by atoms with Crippen LogP contribution < -0.4 is 0 Å². The zero-order valence-corrected chi connectivity index (χ0v) is 11.0. The summed E-state index contributed by atoms with van der Waals surface area (Å²) in [6.45, 7) is 2.15. The van der Waals surface area contributed by atoms with E-state index < -0.39 is 0 Å². The molecule has 1 aromatic heterocycles. The van der Waals surface area contributed by atoms with E-state index >= 15 is 0 Å². The van der Waals surface area contributed by atoms with E-state index in [1.165, 1.54) is 23.7 Å². The SMILES string of the molecule is Cc1c(Br)cc(I)c2ccsc12. The molecule has 62 valence electrons. The van der Waals surface area contributed by atoms with E-state index in [1.807, 2.05) is 11.3 Å². The maximum Gasteiger partial charge on any atom is 0.0393 e. The van der Waals surface area contributed by atoms with Gasteiger partial charge in [-0.15, -0.1) is 11.3 Å². The van der Waals surface area contributed by atoms with Gasteiger partial charge in [0, 0.05) is 18.1 Å². The number of thiophene rings is 1. The molecule has 12 heavy (non-hydrogen) atoms. The fourth-order valence-electron chi connectivity index (χ4n) is 1.19. The number of benzene rings is 1. The zero-order chi connectivity index (χ0) is 8.72. The molecule has 2 rings (SSSR count). The topological polar surface area (TPSA) is 0 Å². The van der Waals surface area contributed by atoms with Crippen molar-refractivity contribution in [3.8, 4) is 0 Å². The molecule has 3 heteroatoms. The number of fused-ring (bicyclic) bond motifs is 1. The zero-order valence-electron chi connectivity index (χ0n) is 6.40. The molecule has 0 atom stereocenters. The third kappa shape index (κ3) is 1.32. The molecule has 0 fully saturated rings. The molecule has 0 spiro atoms. The number of hydrogen-bond donors (Lipinski definition) is 0. The highest BCUT2D eigenvalue weighted by Gasteiger charge is 2.05. The van der Waals surface area contributed by atoms with Crippen molar-refractivity contribution >= 4 is 59.9 Å². The molecule has 1 heterocycles. The Hall–Kier alpha value is 0.390. The van der Waals surface area contributed by atoms with Crippen LogP contribution in [0.15, 0.2) is 22.0 Å². The lowest BCUT2D eigenvalue weighted by atomic mass is 10.2. The van der Waals surface area contributed by atoms with E-state index in [0.29, 0.717) is 0 Å². The van der Waals surface area contributed by atoms with Crippen LogP contribution in [-0.2, 0) is 0 Å². The molecular formula is C9H6BrIS. The molecule has 0 aliphatic heterocycles. The Morgan fingerprint density at radius 3 is 3.00 bits per heavy atom. The molecule has 0 aliphatic carbocycles. The Balaban J connectivity index is 2.97. The van der Waals surface area contributed by atoms with Crippen molar-refractivity contribution in [2.75, 3.05) is 0 Å². The predicted molar refractivity (Wildman–Crippen MR) is 67.0 cm³/mol. The fourth-order valence-corrected chi connectivity index (χ4v) is 4.06. The largest absolute Gasteiger partial charge is 0.143 e. The first-order valence-corrected chi connectivity index (χ1v) is 6.27. The highest BCUT2D eigenvalue weighted by atomic mass is 127. The van der Waals surface area contributed by atoms with Crippen LogP contribution >= 0.6 is 49.9 Å². The maximum absolute atomic E-state index is 3.55. The van der Waals surface area contributed by atoms with E-state index in [0.717, 1.165) is 0 Å². The Morgan fingerprint density at radius 1 is 1.50 bits per heavy atom. The van der Waals surface area contributed by atoms with E-state index in [4.69, 9.17) is 0 Å². The van der Waals surface area contributed by atoms with E-state index in [9.17, 15) is 0 Å². The summed E-state index contributed by atoms with van der Waals surface area (Å²) >= 11 is 7.73. The number of hydrogen-bond acceptors (Lipinski definition) is 1. The summed E-state index contributed by atoms with van der Waals surface area (Å²) in [4.78, 5) is 0. The minimum atomic E-state index is 1.21. The average Bonchev–Trinajstić information content (AvgIpc) is 2.48. The molecular weight excluding hydrogens is 347 g/mol. The van der Waals surface area contributed by atoms with Gasteiger partial charge >= 0.3 is 0 Å². The van der Waals surface area contributed by atoms with Crippen molar-refractivity contribution in [3.63, 3.8) is 0 Å². The third-order valence-electron chi connectivity index (χ3n) is 1.87. The quantitative estimate of drug-likeness (QED) is 0.609. The third-order valence-corrected chi connectivity index (χ3v) is 4.62. The minimum Gasteiger partial charge on any atom is -0.143 e. The molecule has 0 amide bonds. The van der Waals surface area contributed by atoms with Crippen LogP contribution in [0.5, 0.6) is 0 Å². The molecule has 0 aliphatic rings. The molecule has 0 N–H and O–H groups in total. The highest BCUT2D eigenvalue weighted by molar-refractivity contribution is 14.1. The molecule has 2 aromatic rings. The van der Waals surface area contributed by atoms with Gasteiger partial charge in [0.2, 0.25) is 0 Å². The van der Waals surface area contributed by atoms with Crippen molar-refractivity contribution < 1.29 is 0 Å². The number of halogens is 2. The summed E-state index contributed by atoms with van der Waals surface area (Å²) in [5.41, 5.74) is 1.35. The second-order valence-electron chi connectivity index (χ2n) is 2.63. The summed E-state index contributed by atoms with van der Waals surface area (Å²) < 4.78 is 3.93. The van der Waals surface area contributed by atoms with Gasteiger partial charge < -0.3 is 0 Å². The summed E-state index contributed by atoms with van der Waals surface area (Å²) in [7, 11) is 0. The first-order chi connectivity index (χ1) is 5.70. The second kappa shape index (κ2) is 3.27. The smallest absolute Gasteiger partial charge is 0.0393 e. The lowest BCUT2D eigenvalue weighted by Gasteiger charge is -2.01. The van der Waals surface area contributed by atoms with Gasteiger partial charge in [0.1, 0.15) is 0 Å². The second-order valence-corrected chi connectivity index (χ2v) is 5.56. The van der Waals surface area contributed by atoms with Gasteiger partial charge in [-0.25, -0.2) is 0 Å². The molecule has 0 nitrogen and oxygen atoms in total. The molecule has 0 unspecified atom stereocenters. The van der Waals surface area contributed by atoms with Gasteiger partial charge in [-0.2, -0.15) is 0 Å². The summed E-state index contributed by atoms with van der Waals surface area (Å²) in [5.74, 6) is 0. The van der Waals surface area contributed by atoms with Gasteiger partial charge in [-0.05, 0) is 52.6 Å². The van der Waals surface area contributed by atoms with Crippen LogP contribution in [0.1, 0.15) is 5.56 Å². The van der Waals surface area contributed by atoms with Crippen molar-refractivity contribution in [1.29, 1.82) is 0 Å². The van der Waals surface area contributed by atoms with Crippen LogP contribution in [0, 0.1) is 10.5 Å². The summed E-state index contributed by atoms with van der Waals surface area (Å²) in [6.07, 6.45) is 0. The van der Waals surface area contributed by atoms with Crippen molar-refractivity contribution in [2.24, 2.45) is 0 Å². The Bertz CT molecular complexity index is 433. The van der Waals surface area contributed by atoms with E-state index in [2.05, 4.69) is 63.0 Å². The van der Waals surface area contributed by atoms with Gasteiger partial charge in [0.25, 0.3) is 0 Å². The first kappa shape index (κ1) is 8.97. The van der Waals surface area contributed by atoms with Crippen molar-refractivity contribution in [1.82, 2.24) is 0 Å². The maximum atomic E-state index is 3.55. The fraction of sp³-hybridized carbons (Fsp3) is 0.111. The van der Waals surface area contributed by atoms with E-state index in [-0.39, 0.29) is 0 Å². The first-order valence-electron chi connectivity index (χ1n) is 3.52. The van der Waals surface area contributed by atoms with Gasteiger partial charge in [0.15, 0.2) is 0 Å². The van der Waals surface area contributed by atoms with Gasteiger partial charge in [-0.1, -0.05) is 15.9 Å². The minimum absolute atomic E-state index is 1.21. The van der Waals surface area contributed by atoms with Crippen LogP contribution in [0.2, 0.25) is 0 Å². The Kier molecular flexibility index (Phi) is 2.44. The average molecular weight is 353 g/mol. The summed E-state index contributed by atoms with van der Waals surface area (Å²) in [5, 5.41) is 3.52. The molecule has 0 radical (unpaired) electrons. The van der Waals surface area contributed by atoms with Crippen molar-refractivity contribution in [2.45, 2.75) is 6.92 Å².